The second-order valence-corrected chi connectivity index (χ2v) is 3.06. The van der Waals surface area contributed by atoms with E-state index in [-0.39, 0.29) is 5.78 Å². The molecule has 58 valence electrons. The largest absolute Gasteiger partial charge is 0.294 e. The van der Waals surface area contributed by atoms with E-state index in [4.69, 9.17) is 0 Å². The zero-order valence-corrected chi connectivity index (χ0v) is 7.48. The van der Waals surface area contributed by atoms with E-state index in [2.05, 4.69) is 12.6 Å². The lowest BCUT2D eigenvalue weighted by molar-refractivity contribution is 0.101. The first kappa shape index (κ1) is 8.34. The van der Waals surface area contributed by atoms with Crippen LogP contribution < -0.4 is 0 Å². The summed E-state index contributed by atoms with van der Waals surface area (Å²) in [5.41, 5.74) is 1.82. The Kier molecular flexibility index (Phi) is 2.35. The van der Waals surface area contributed by atoms with Crippen LogP contribution >= 0.6 is 12.6 Å². The van der Waals surface area contributed by atoms with Gasteiger partial charge in [0.25, 0.3) is 0 Å². The standard InChI is InChI=1S/C9H10OS/c1-6-3-4-8(7(2)10)9(11)5-6/h3-5,11H,1-2H3. The first-order chi connectivity index (χ1) is 5.11. The molecular weight excluding hydrogens is 156 g/mol. The third-order valence-corrected chi connectivity index (χ3v) is 1.90. The fraction of sp³-hybridized carbons (Fsp3) is 0.222. The number of carbonyl (C=O) groups excluding carboxylic acids is 1. The van der Waals surface area contributed by atoms with Crippen LogP contribution in [0.2, 0.25) is 0 Å². The molecule has 1 rings (SSSR count). The maximum Gasteiger partial charge on any atom is 0.160 e. The molecule has 0 saturated heterocycles. The van der Waals surface area contributed by atoms with Crippen LogP contribution in [0.3, 0.4) is 0 Å². The minimum atomic E-state index is 0.0648. The van der Waals surface area contributed by atoms with Gasteiger partial charge >= 0.3 is 0 Å². The molecule has 0 atom stereocenters. The normalized spacial score (nSPS) is 9.73. The fourth-order valence-electron chi connectivity index (χ4n) is 0.939. The van der Waals surface area contributed by atoms with Crippen molar-refractivity contribution >= 4 is 18.4 Å². The topological polar surface area (TPSA) is 17.1 Å². The Bertz CT molecular complexity index is 292. The van der Waals surface area contributed by atoms with E-state index in [0.717, 1.165) is 10.5 Å². The summed E-state index contributed by atoms with van der Waals surface area (Å²) in [6.45, 7) is 3.52. The van der Waals surface area contributed by atoms with E-state index < -0.39 is 0 Å². The Balaban J connectivity index is 3.20. The van der Waals surface area contributed by atoms with E-state index in [0.29, 0.717) is 5.56 Å². The summed E-state index contributed by atoms with van der Waals surface area (Å²) in [4.78, 5) is 11.7. The number of benzene rings is 1. The predicted molar refractivity (Wildman–Crippen MR) is 48.4 cm³/mol. The van der Waals surface area contributed by atoms with E-state index in [9.17, 15) is 4.79 Å². The minimum absolute atomic E-state index is 0.0648. The lowest BCUT2D eigenvalue weighted by Crippen LogP contribution is -1.93. The lowest BCUT2D eigenvalue weighted by Gasteiger charge is -2.00. The third kappa shape index (κ3) is 1.84. The number of ketones is 1. The van der Waals surface area contributed by atoms with Gasteiger partial charge in [0.05, 0.1) is 0 Å². The number of carbonyl (C=O) groups is 1. The molecule has 0 saturated carbocycles. The average Bonchev–Trinajstić information content (AvgIpc) is 1.85. The minimum Gasteiger partial charge on any atom is -0.294 e. The quantitative estimate of drug-likeness (QED) is 0.501. The number of thiol groups is 1. The number of hydrogen-bond donors (Lipinski definition) is 1. The maximum absolute atomic E-state index is 10.9. The zero-order chi connectivity index (χ0) is 8.43. The number of rotatable bonds is 1. The molecule has 0 fully saturated rings. The fourth-order valence-corrected chi connectivity index (χ4v) is 1.38. The van der Waals surface area contributed by atoms with Gasteiger partial charge in [-0.25, -0.2) is 0 Å². The Morgan fingerprint density at radius 1 is 1.45 bits per heavy atom. The van der Waals surface area contributed by atoms with Crippen molar-refractivity contribution < 1.29 is 4.79 Å². The molecule has 0 aromatic heterocycles. The molecule has 0 bridgehead atoms. The molecule has 0 spiro atoms. The zero-order valence-electron chi connectivity index (χ0n) is 6.59. The number of hydrogen-bond acceptors (Lipinski definition) is 2. The van der Waals surface area contributed by atoms with Gasteiger partial charge in [-0.3, -0.25) is 4.79 Å². The smallest absolute Gasteiger partial charge is 0.160 e. The van der Waals surface area contributed by atoms with Crippen LogP contribution in [0.4, 0.5) is 0 Å². The van der Waals surface area contributed by atoms with Crippen molar-refractivity contribution in [1.82, 2.24) is 0 Å². The molecule has 0 aliphatic carbocycles. The highest BCUT2D eigenvalue weighted by atomic mass is 32.1. The number of aryl methyl sites for hydroxylation is 1. The van der Waals surface area contributed by atoms with Crippen LogP contribution in [0.5, 0.6) is 0 Å². The Labute approximate surface area is 71.8 Å². The van der Waals surface area contributed by atoms with Gasteiger partial charge in [-0.15, -0.1) is 12.6 Å². The van der Waals surface area contributed by atoms with Crippen molar-refractivity contribution in [2.75, 3.05) is 0 Å². The van der Waals surface area contributed by atoms with Gasteiger partial charge in [-0.2, -0.15) is 0 Å². The van der Waals surface area contributed by atoms with Gasteiger partial charge in [-0.05, 0) is 25.5 Å². The maximum atomic E-state index is 10.9. The van der Waals surface area contributed by atoms with Crippen molar-refractivity contribution in [3.8, 4) is 0 Å². The molecule has 0 unspecified atom stereocenters. The molecule has 1 nitrogen and oxygen atoms in total. The van der Waals surface area contributed by atoms with E-state index in [1.807, 2.05) is 19.1 Å². The summed E-state index contributed by atoms with van der Waals surface area (Å²) in [6, 6.07) is 5.61. The van der Waals surface area contributed by atoms with Crippen molar-refractivity contribution in [2.45, 2.75) is 18.7 Å². The SMILES string of the molecule is CC(=O)c1ccc(C)cc1S. The van der Waals surface area contributed by atoms with Gasteiger partial charge in [0.15, 0.2) is 5.78 Å². The summed E-state index contributed by atoms with van der Waals surface area (Å²) < 4.78 is 0. The predicted octanol–water partition coefficient (Wildman–Crippen LogP) is 2.49. The molecule has 0 amide bonds. The van der Waals surface area contributed by atoms with Gasteiger partial charge in [0.1, 0.15) is 0 Å². The summed E-state index contributed by atoms with van der Waals surface area (Å²) in [6.07, 6.45) is 0. The van der Waals surface area contributed by atoms with E-state index in [1.54, 1.807) is 13.0 Å². The molecule has 1 aromatic carbocycles. The molecule has 0 radical (unpaired) electrons. The Morgan fingerprint density at radius 3 is 2.55 bits per heavy atom. The van der Waals surface area contributed by atoms with Crippen molar-refractivity contribution in [1.29, 1.82) is 0 Å². The van der Waals surface area contributed by atoms with Crippen molar-refractivity contribution in [3.63, 3.8) is 0 Å². The highest BCUT2D eigenvalue weighted by molar-refractivity contribution is 7.80. The molecule has 1 aromatic rings. The first-order valence-electron chi connectivity index (χ1n) is 3.42. The average molecular weight is 166 g/mol. The second-order valence-electron chi connectivity index (χ2n) is 2.58. The van der Waals surface area contributed by atoms with Crippen LogP contribution in [-0.4, -0.2) is 5.78 Å². The van der Waals surface area contributed by atoms with Gasteiger partial charge in [-0.1, -0.05) is 12.1 Å². The molecule has 0 heterocycles. The van der Waals surface area contributed by atoms with Gasteiger partial charge < -0.3 is 0 Å². The monoisotopic (exact) mass is 166 g/mol. The summed E-state index contributed by atoms with van der Waals surface area (Å²) in [7, 11) is 0. The summed E-state index contributed by atoms with van der Waals surface area (Å²) >= 11 is 4.19. The summed E-state index contributed by atoms with van der Waals surface area (Å²) in [5.74, 6) is 0.0648. The number of Topliss-reactive ketones (excluding diaryl/α,β-unsaturated/α-hetero) is 1. The van der Waals surface area contributed by atoms with Crippen LogP contribution in [0.25, 0.3) is 0 Å². The second kappa shape index (κ2) is 3.09. The highest BCUT2D eigenvalue weighted by Crippen LogP contribution is 2.15. The molecule has 0 N–H and O–H groups in total. The lowest BCUT2D eigenvalue weighted by atomic mass is 10.1. The van der Waals surface area contributed by atoms with Crippen LogP contribution in [0, 0.1) is 6.92 Å². The van der Waals surface area contributed by atoms with Gasteiger partial charge in [0, 0.05) is 10.5 Å². The van der Waals surface area contributed by atoms with Crippen molar-refractivity contribution in [3.05, 3.63) is 29.3 Å². The molecule has 2 heteroatoms. The first-order valence-corrected chi connectivity index (χ1v) is 3.86. The van der Waals surface area contributed by atoms with Crippen LogP contribution in [0.15, 0.2) is 23.1 Å². The Hall–Kier alpha value is -0.760. The van der Waals surface area contributed by atoms with Crippen LogP contribution in [-0.2, 0) is 0 Å². The molecule has 0 aliphatic heterocycles. The summed E-state index contributed by atoms with van der Waals surface area (Å²) in [5, 5.41) is 0. The molecule has 0 aliphatic rings. The Morgan fingerprint density at radius 2 is 2.09 bits per heavy atom. The highest BCUT2D eigenvalue weighted by Gasteiger charge is 2.02. The molecule has 11 heavy (non-hydrogen) atoms. The van der Waals surface area contributed by atoms with Gasteiger partial charge in [0.2, 0.25) is 0 Å². The van der Waals surface area contributed by atoms with E-state index in [1.165, 1.54) is 0 Å². The molecular formula is C9H10OS. The third-order valence-electron chi connectivity index (χ3n) is 1.53. The van der Waals surface area contributed by atoms with E-state index >= 15 is 0 Å². The van der Waals surface area contributed by atoms with Crippen LogP contribution in [0.1, 0.15) is 22.8 Å². The van der Waals surface area contributed by atoms with Crippen molar-refractivity contribution in [2.24, 2.45) is 0 Å².